The molecule has 0 spiro atoms. The number of fused-ring (bicyclic) bond motifs is 1. The molecule has 1 saturated heterocycles. The lowest BCUT2D eigenvalue weighted by Crippen LogP contribution is -2.35. The molecule has 6 nitrogen and oxygen atoms in total. The molecule has 0 atom stereocenters. The second-order valence-corrected chi connectivity index (χ2v) is 7.82. The zero-order valence-corrected chi connectivity index (χ0v) is 14.5. The molecule has 0 saturated carbocycles. The summed E-state index contributed by atoms with van der Waals surface area (Å²) in [5.74, 6) is -0.658. The van der Waals surface area contributed by atoms with Gasteiger partial charge in [0.25, 0.3) is 5.91 Å². The molecule has 1 aromatic carbocycles. The van der Waals surface area contributed by atoms with E-state index in [9.17, 15) is 13.2 Å². The number of rotatable bonds is 5. The summed E-state index contributed by atoms with van der Waals surface area (Å²) in [5.41, 5.74) is 1.62. The van der Waals surface area contributed by atoms with Crippen LogP contribution >= 0.6 is 0 Å². The van der Waals surface area contributed by atoms with Crippen LogP contribution in [0, 0.1) is 5.92 Å². The van der Waals surface area contributed by atoms with E-state index < -0.39 is 15.9 Å². The van der Waals surface area contributed by atoms with Gasteiger partial charge in [0.05, 0.1) is 11.3 Å². The van der Waals surface area contributed by atoms with E-state index in [4.69, 9.17) is 4.74 Å². The third kappa shape index (κ3) is 4.87. The number of carbonyl (C=O) groups excluding carboxylic acids is 1. The molecular formula is C18H20N2O4S. The monoisotopic (exact) mass is 360 g/mol. The number of aromatic nitrogens is 1. The molecule has 1 N–H and O–H groups in total. The Kier molecular flexibility index (Phi) is 5.45. The molecule has 0 bridgehead atoms. The maximum atomic E-state index is 12.1. The van der Waals surface area contributed by atoms with Gasteiger partial charge in [0.1, 0.15) is 0 Å². The second kappa shape index (κ2) is 7.76. The first-order valence-corrected chi connectivity index (χ1v) is 9.83. The topological polar surface area (TPSA) is 85.4 Å². The Balaban J connectivity index is 1.65. The van der Waals surface area contributed by atoms with Crippen LogP contribution in [0.2, 0.25) is 0 Å². The molecule has 1 aliphatic rings. The summed E-state index contributed by atoms with van der Waals surface area (Å²) in [7, 11) is -3.65. The third-order valence-corrected chi connectivity index (χ3v) is 5.57. The quantitative estimate of drug-likeness (QED) is 0.826. The lowest BCUT2D eigenvalue weighted by atomic mass is 10.0. The van der Waals surface area contributed by atoms with Crippen LogP contribution in [0.4, 0.5) is 0 Å². The highest BCUT2D eigenvalue weighted by molar-refractivity contribution is 7.90. The summed E-state index contributed by atoms with van der Waals surface area (Å²) >= 11 is 0. The van der Waals surface area contributed by atoms with Crippen molar-refractivity contribution in [1.29, 1.82) is 0 Å². The van der Waals surface area contributed by atoms with Crippen LogP contribution in [0.1, 0.15) is 18.4 Å². The Labute approximate surface area is 147 Å². The number of carbonyl (C=O) groups is 1. The number of sulfonamides is 1. The van der Waals surface area contributed by atoms with Gasteiger partial charge in [-0.2, -0.15) is 0 Å². The van der Waals surface area contributed by atoms with Crippen molar-refractivity contribution in [3.63, 3.8) is 0 Å². The molecule has 0 radical (unpaired) electrons. The smallest absolute Gasteiger partial charge is 0.257 e. The Morgan fingerprint density at radius 3 is 2.80 bits per heavy atom. The fraction of sp³-hybridized carbons (Fsp3) is 0.333. The molecule has 1 fully saturated rings. The number of para-hydroxylation sites is 1. The molecule has 2 aromatic rings. The number of benzene rings is 1. The van der Waals surface area contributed by atoms with Crippen LogP contribution in [0.15, 0.2) is 42.6 Å². The molecule has 25 heavy (non-hydrogen) atoms. The summed E-state index contributed by atoms with van der Waals surface area (Å²) in [6, 6.07) is 9.34. The molecule has 7 heteroatoms. The number of nitrogens with zero attached hydrogens (tertiary/aromatic N) is 1. The van der Waals surface area contributed by atoms with Crippen LogP contribution in [-0.4, -0.2) is 38.3 Å². The number of amides is 1. The van der Waals surface area contributed by atoms with Gasteiger partial charge in [0.2, 0.25) is 10.0 Å². The largest absolute Gasteiger partial charge is 0.381 e. The van der Waals surface area contributed by atoms with Gasteiger partial charge < -0.3 is 4.74 Å². The van der Waals surface area contributed by atoms with E-state index in [2.05, 4.69) is 9.71 Å². The highest BCUT2D eigenvalue weighted by Crippen LogP contribution is 2.18. The molecule has 3 rings (SSSR count). The van der Waals surface area contributed by atoms with Gasteiger partial charge >= 0.3 is 0 Å². The first kappa shape index (κ1) is 17.6. The zero-order chi connectivity index (χ0) is 17.7. The second-order valence-electron chi connectivity index (χ2n) is 6.05. The van der Waals surface area contributed by atoms with Crippen molar-refractivity contribution < 1.29 is 17.9 Å². The maximum Gasteiger partial charge on any atom is 0.257 e. The molecule has 0 aliphatic carbocycles. The van der Waals surface area contributed by atoms with Crippen LogP contribution in [0.5, 0.6) is 0 Å². The van der Waals surface area contributed by atoms with Crippen molar-refractivity contribution in [3.8, 4) is 0 Å². The van der Waals surface area contributed by atoms with Gasteiger partial charge in [-0.25, -0.2) is 13.1 Å². The van der Waals surface area contributed by atoms with Crippen molar-refractivity contribution in [2.75, 3.05) is 19.0 Å². The van der Waals surface area contributed by atoms with E-state index in [1.54, 1.807) is 18.3 Å². The van der Waals surface area contributed by atoms with Gasteiger partial charge in [-0.05, 0) is 42.5 Å². The number of hydrogen-bond donors (Lipinski definition) is 1. The fourth-order valence-corrected chi connectivity index (χ4v) is 4.29. The normalized spacial score (nSPS) is 16.3. The Bertz CT molecular complexity index is 882. The molecule has 0 unspecified atom stereocenters. The fourth-order valence-electron chi connectivity index (χ4n) is 2.88. The molecule has 1 aromatic heterocycles. The van der Waals surface area contributed by atoms with Crippen LogP contribution in [0.25, 0.3) is 17.0 Å². The van der Waals surface area contributed by atoms with E-state index in [1.165, 1.54) is 6.08 Å². The van der Waals surface area contributed by atoms with Crippen LogP contribution in [0.3, 0.4) is 0 Å². The summed E-state index contributed by atoms with van der Waals surface area (Å²) in [5, 5.41) is 0.902. The molecule has 132 valence electrons. The number of nitrogens with one attached hydrogen (secondary N) is 1. The Morgan fingerprint density at radius 1 is 1.24 bits per heavy atom. The summed E-state index contributed by atoms with van der Waals surface area (Å²) in [4.78, 5) is 16.2. The van der Waals surface area contributed by atoms with E-state index in [-0.39, 0.29) is 11.7 Å². The minimum atomic E-state index is -3.65. The van der Waals surface area contributed by atoms with Crippen molar-refractivity contribution in [2.24, 2.45) is 5.92 Å². The standard InChI is InChI=1S/C18H20N2O4S/c21-18(20-25(22,23)13-14-8-11-24-12-9-14)6-5-15-7-10-19-17-4-2-1-3-16(15)17/h1-7,10,14H,8-9,11-13H2,(H,20,21). The predicted molar refractivity (Wildman–Crippen MR) is 96.2 cm³/mol. The first-order chi connectivity index (χ1) is 12.0. The van der Waals surface area contributed by atoms with Gasteiger partial charge in [-0.1, -0.05) is 18.2 Å². The van der Waals surface area contributed by atoms with Gasteiger partial charge in [0, 0.05) is 30.9 Å². The lowest BCUT2D eigenvalue weighted by Gasteiger charge is -2.21. The van der Waals surface area contributed by atoms with Crippen molar-refractivity contribution in [3.05, 3.63) is 48.2 Å². The molecule has 2 heterocycles. The minimum Gasteiger partial charge on any atom is -0.381 e. The SMILES string of the molecule is O=C(C=Cc1ccnc2ccccc12)NS(=O)(=O)CC1CCOCC1. The summed E-state index contributed by atoms with van der Waals surface area (Å²) < 4.78 is 31.6. The molecule has 1 amide bonds. The number of pyridine rings is 1. The maximum absolute atomic E-state index is 12.1. The third-order valence-electron chi connectivity index (χ3n) is 4.15. The first-order valence-electron chi connectivity index (χ1n) is 8.17. The molecule has 1 aliphatic heterocycles. The average molecular weight is 360 g/mol. The van der Waals surface area contributed by atoms with Crippen molar-refractivity contribution >= 4 is 32.9 Å². The average Bonchev–Trinajstić information content (AvgIpc) is 2.60. The summed E-state index contributed by atoms with van der Waals surface area (Å²) in [6.07, 6.45) is 5.90. The molecular weight excluding hydrogens is 340 g/mol. The van der Waals surface area contributed by atoms with E-state index in [0.717, 1.165) is 16.5 Å². The number of ether oxygens (including phenoxy) is 1. The van der Waals surface area contributed by atoms with Crippen molar-refractivity contribution in [1.82, 2.24) is 9.71 Å². The summed E-state index contributed by atoms with van der Waals surface area (Å²) in [6.45, 7) is 1.15. The van der Waals surface area contributed by atoms with E-state index >= 15 is 0 Å². The minimum absolute atomic E-state index is 0.0344. The highest BCUT2D eigenvalue weighted by atomic mass is 32.2. The van der Waals surface area contributed by atoms with E-state index in [0.29, 0.717) is 26.1 Å². The highest BCUT2D eigenvalue weighted by Gasteiger charge is 2.22. The Morgan fingerprint density at radius 2 is 2.00 bits per heavy atom. The van der Waals surface area contributed by atoms with Gasteiger partial charge in [0.15, 0.2) is 0 Å². The van der Waals surface area contributed by atoms with Crippen LogP contribution in [-0.2, 0) is 19.6 Å². The van der Waals surface area contributed by atoms with Gasteiger partial charge in [-0.15, -0.1) is 0 Å². The van der Waals surface area contributed by atoms with Crippen LogP contribution < -0.4 is 4.72 Å². The zero-order valence-electron chi connectivity index (χ0n) is 13.7. The predicted octanol–water partition coefficient (Wildman–Crippen LogP) is 2.12. The van der Waals surface area contributed by atoms with Crippen molar-refractivity contribution in [2.45, 2.75) is 12.8 Å². The number of hydrogen-bond acceptors (Lipinski definition) is 5. The Hall–Kier alpha value is -2.25. The van der Waals surface area contributed by atoms with Gasteiger partial charge in [-0.3, -0.25) is 9.78 Å². The van der Waals surface area contributed by atoms with E-state index in [1.807, 2.05) is 24.3 Å². The lowest BCUT2D eigenvalue weighted by molar-refractivity contribution is -0.114.